The Hall–Kier alpha value is -1.53. The second kappa shape index (κ2) is 5.83. The summed E-state index contributed by atoms with van der Waals surface area (Å²) < 4.78 is 1.95. The van der Waals surface area contributed by atoms with Gasteiger partial charge in [-0.05, 0) is 49.5 Å². The Morgan fingerprint density at radius 2 is 2.26 bits per heavy atom. The standard InChI is InChI=1S/C17H21N3O2S/c1-23-17-19-15(13-4-2-3-7-20(13)17)16(22)18-14-11-6-5-10(8-11)12(14)9-21/h2-4,7,10-12,14,21H,5-6,8-9H2,1H3,(H,18,22)/t10-,11-,12+,14+/m0/s1. The van der Waals surface area contributed by atoms with Gasteiger partial charge in [0.1, 0.15) is 0 Å². The van der Waals surface area contributed by atoms with Crippen molar-refractivity contribution in [2.45, 2.75) is 30.5 Å². The fraction of sp³-hybridized carbons (Fsp3) is 0.529. The average molecular weight is 331 g/mol. The largest absolute Gasteiger partial charge is 0.396 e. The van der Waals surface area contributed by atoms with Crippen molar-refractivity contribution in [3.63, 3.8) is 0 Å². The fourth-order valence-electron chi connectivity index (χ4n) is 4.44. The number of pyridine rings is 1. The summed E-state index contributed by atoms with van der Waals surface area (Å²) in [4.78, 5) is 17.3. The quantitative estimate of drug-likeness (QED) is 0.843. The van der Waals surface area contributed by atoms with Crippen molar-refractivity contribution in [2.24, 2.45) is 17.8 Å². The fourth-order valence-corrected chi connectivity index (χ4v) is 4.98. The maximum absolute atomic E-state index is 12.8. The van der Waals surface area contributed by atoms with Crippen molar-refractivity contribution in [3.05, 3.63) is 30.1 Å². The summed E-state index contributed by atoms with van der Waals surface area (Å²) in [5.74, 6) is 1.15. The molecule has 2 aliphatic carbocycles. The number of carbonyl (C=O) groups is 1. The lowest BCUT2D eigenvalue weighted by Crippen LogP contribution is -2.45. The number of nitrogens with one attached hydrogen (secondary N) is 1. The molecule has 2 fully saturated rings. The van der Waals surface area contributed by atoms with Crippen molar-refractivity contribution in [3.8, 4) is 0 Å². The molecule has 2 N–H and O–H groups in total. The molecule has 2 saturated carbocycles. The lowest BCUT2D eigenvalue weighted by atomic mass is 9.85. The van der Waals surface area contributed by atoms with Gasteiger partial charge < -0.3 is 10.4 Å². The molecular weight excluding hydrogens is 310 g/mol. The highest BCUT2D eigenvalue weighted by Crippen LogP contribution is 2.48. The highest BCUT2D eigenvalue weighted by atomic mass is 32.2. The summed E-state index contributed by atoms with van der Waals surface area (Å²) in [5.41, 5.74) is 1.31. The minimum Gasteiger partial charge on any atom is -0.396 e. The molecule has 2 aromatic rings. The number of aromatic nitrogens is 2. The Kier molecular flexibility index (Phi) is 3.81. The Labute approximate surface area is 139 Å². The Bertz CT molecular complexity index is 745. The van der Waals surface area contributed by atoms with E-state index in [0.29, 0.717) is 17.5 Å². The highest BCUT2D eigenvalue weighted by molar-refractivity contribution is 7.98. The number of hydrogen-bond acceptors (Lipinski definition) is 4. The second-order valence-corrected chi connectivity index (χ2v) is 7.36. The van der Waals surface area contributed by atoms with Crippen molar-refractivity contribution in [1.82, 2.24) is 14.7 Å². The van der Waals surface area contributed by atoms with Crippen LogP contribution in [-0.4, -0.2) is 39.3 Å². The number of amides is 1. The summed E-state index contributed by atoms with van der Waals surface area (Å²) in [6.07, 6.45) is 7.37. The summed E-state index contributed by atoms with van der Waals surface area (Å²) in [6, 6.07) is 5.87. The third-order valence-electron chi connectivity index (χ3n) is 5.51. The number of fused-ring (bicyclic) bond motifs is 3. The molecule has 0 unspecified atom stereocenters. The second-order valence-electron chi connectivity index (χ2n) is 6.58. The van der Waals surface area contributed by atoms with Gasteiger partial charge in [0.15, 0.2) is 10.9 Å². The number of rotatable bonds is 4. The number of imidazole rings is 1. The molecule has 1 amide bonds. The van der Waals surface area contributed by atoms with Crippen molar-refractivity contribution in [2.75, 3.05) is 12.9 Å². The molecule has 4 atom stereocenters. The summed E-state index contributed by atoms with van der Waals surface area (Å²) in [5, 5.41) is 13.7. The third-order valence-corrected chi connectivity index (χ3v) is 6.16. The van der Waals surface area contributed by atoms with Crippen molar-refractivity contribution in [1.29, 1.82) is 0 Å². The topological polar surface area (TPSA) is 66.6 Å². The van der Waals surface area contributed by atoms with Crippen LogP contribution in [0.2, 0.25) is 0 Å². The maximum atomic E-state index is 12.8. The first-order chi connectivity index (χ1) is 11.2. The zero-order valence-electron chi connectivity index (χ0n) is 13.1. The van der Waals surface area contributed by atoms with Gasteiger partial charge in [0.25, 0.3) is 5.91 Å². The van der Waals surface area contributed by atoms with Crippen LogP contribution in [0, 0.1) is 17.8 Å². The molecule has 0 radical (unpaired) electrons. The van der Waals surface area contributed by atoms with Gasteiger partial charge in [0.05, 0.1) is 5.52 Å². The minimum absolute atomic E-state index is 0.0874. The molecular formula is C17H21N3O2S. The normalized spacial score (nSPS) is 29.3. The van der Waals surface area contributed by atoms with Gasteiger partial charge in [-0.3, -0.25) is 9.20 Å². The molecule has 5 nitrogen and oxygen atoms in total. The average Bonchev–Trinajstić information content (AvgIpc) is 3.27. The molecule has 122 valence electrons. The van der Waals surface area contributed by atoms with E-state index < -0.39 is 0 Å². The smallest absolute Gasteiger partial charge is 0.272 e. The van der Waals surface area contributed by atoms with E-state index in [2.05, 4.69) is 10.3 Å². The molecule has 2 bridgehead atoms. The van der Waals surface area contributed by atoms with Gasteiger partial charge in [-0.1, -0.05) is 17.8 Å². The molecule has 6 heteroatoms. The van der Waals surface area contributed by atoms with E-state index in [4.69, 9.17) is 0 Å². The minimum atomic E-state index is -0.120. The molecule has 0 spiro atoms. The van der Waals surface area contributed by atoms with E-state index >= 15 is 0 Å². The SMILES string of the molecule is CSc1nc(C(=O)N[C@@H]2[C@H]3CC[C@@H](C3)[C@H]2CO)c2ccccn12. The number of carbonyl (C=O) groups excluding carboxylic acids is 1. The van der Waals surface area contributed by atoms with Crippen LogP contribution < -0.4 is 5.32 Å². The van der Waals surface area contributed by atoms with Crippen LogP contribution in [-0.2, 0) is 0 Å². The molecule has 0 aromatic carbocycles. The predicted molar refractivity (Wildman–Crippen MR) is 89.6 cm³/mol. The first-order valence-electron chi connectivity index (χ1n) is 8.15. The predicted octanol–water partition coefficient (Wildman–Crippen LogP) is 2.19. The van der Waals surface area contributed by atoms with E-state index in [1.165, 1.54) is 18.2 Å². The molecule has 2 aliphatic rings. The zero-order chi connectivity index (χ0) is 16.0. The van der Waals surface area contributed by atoms with E-state index in [9.17, 15) is 9.90 Å². The van der Waals surface area contributed by atoms with Crippen molar-refractivity contribution < 1.29 is 9.90 Å². The number of nitrogens with zero attached hydrogens (tertiary/aromatic N) is 2. The monoisotopic (exact) mass is 331 g/mol. The van der Waals surface area contributed by atoms with Gasteiger partial charge in [-0.15, -0.1) is 0 Å². The van der Waals surface area contributed by atoms with Crippen LogP contribution >= 0.6 is 11.8 Å². The first kappa shape index (κ1) is 15.0. The maximum Gasteiger partial charge on any atom is 0.272 e. The van der Waals surface area contributed by atoms with E-state index in [1.807, 2.05) is 35.1 Å². The number of aliphatic hydroxyl groups is 1. The van der Waals surface area contributed by atoms with Gasteiger partial charge in [-0.25, -0.2) is 4.98 Å². The van der Waals surface area contributed by atoms with Gasteiger partial charge in [0.2, 0.25) is 0 Å². The highest BCUT2D eigenvalue weighted by Gasteiger charge is 2.47. The van der Waals surface area contributed by atoms with Gasteiger partial charge in [-0.2, -0.15) is 0 Å². The summed E-state index contributed by atoms with van der Waals surface area (Å²) in [6.45, 7) is 0.159. The Morgan fingerprint density at radius 3 is 3.04 bits per heavy atom. The van der Waals surface area contributed by atoms with Crippen molar-refractivity contribution >= 4 is 23.2 Å². The third kappa shape index (κ3) is 2.35. The van der Waals surface area contributed by atoms with Crippen LogP contribution in [0.1, 0.15) is 29.8 Å². The van der Waals surface area contributed by atoms with Gasteiger partial charge >= 0.3 is 0 Å². The van der Waals surface area contributed by atoms with E-state index in [1.54, 1.807) is 0 Å². The number of aliphatic hydroxyl groups excluding tert-OH is 1. The van der Waals surface area contributed by atoms with Gasteiger partial charge in [0, 0.05) is 24.8 Å². The molecule has 0 aliphatic heterocycles. The first-order valence-corrected chi connectivity index (χ1v) is 9.38. The molecule has 23 heavy (non-hydrogen) atoms. The van der Waals surface area contributed by atoms with Crippen LogP contribution in [0.5, 0.6) is 0 Å². The Morgan fingerprint density at radius 1 is 1.43 bits per heavy atom. The molecule has 2 heterocycles. The lowest BCUT2D eigenvalue weighted by molar-refractivity contribution is 0.0858. The lowest BCUT2D eigenvalue weighted by Gasteiger charge is -2.30. The zero-order valence-corrected chi connectivity index (χ0v) is 13.9. The van der Waals surface area contributed by atoms with Crippen LogP contribution in [0.4, 0.5) is 0 Å². The summed E-state index contributed by atoms with van der Waals surface area (Å²) in [7, 11) is 0. The van der Waals surface area contributed by atoms with Crippen LogP contribution in [0.3, 0.4) is 0 Å². The summed E-state index contributed by atoms with van der Waals surface area (Å²) >= 11 is 1.53. The van der Waals surface area contributed by atoms with E-state index in [0.717, 1.165) is 23.5 Å². The number of hydrogen-bond donors (Lipinski definition) is 2. The molecule has 4 rings (SSSR count). The number of thioether (sulfide) groups is 1. The Balaban J connectivity index is 1.63. The van der Waals surface area contributed by atoms with Crippen LogP contribution in [0.25, 0.3) is 5.52 Å². The van der Waals surface area contributed by atoms with E-state index in [-0.39, 0.29) is 24.5 Å². The van der Waals surface area contributed by atoms with Crippen LogP contribution in [0.15, 0.2) is 29.6 Å². The molecule has 0 saturated heterocycles. The molecule has 2 aromatic heterocycles.